The standard InChI is InChI=1S/C24H48N4O4S/c1-21(2,3)19(31)25-15(17(29)27-23(7,8)9)13-33-14-16(18(30)28-24(10,11)12)26-20(32)22(4,5)6/h15-17,27,29H,13-14H2,1-12H3,(H,25,31)(H,26,32)(H,28,30). The third-order valence-electron chi connectivity index (χ3n) is 4.34. The Morgan fingerprint density at radius 2 is 1.18 bits per heavy atom. The third-order valence-corrected chi connectivity index (χ3v) is 5.51. The zero-order valence-electron chi connectivity index (χ0n) is 22.7. The van der Waals surface area contributed by atoms with E-state index in [2.05, 4.69) is 21.3 Å². The molecule has 0 bridgehead atoms. The number of rotatable bonds is 9. The van der Waals surface area contributed by atoms with Crippen molar-refractivity contribution in [3.8, 4) is 0 Å². The van der Waals surface area contributed by atoms with Gasteiger partial charge >= 0.3 is 0 Å². The van der Waals surface area contributed by atoms with Gasteiger partial charge in [0, 0.05) is 33.4 Å². The number of carbonyl (C=O) groups is 3. The lowest BCUT2D eigenvalue weighted by Gasteiger charge is -2.33. The minimum absolute atomic E-state index is 0.175. The Kier molecular flexibility index (Phi) is 11.4. The molecule has 5 N–H and O–H groups in total. The molecule has 0 aliphatic rings. The first-order valence-electron chi connectivity index (χ1n) is 11.5. The van der Waals surface area contributed by atoms with E-state index in [0.29, 0.717) is 11.5 Å². The number of carbonyl (C=O) groups excluding carboxylic acids is 3. The van der Waals surface area contributed by atoms with E-state index in [4.69, 9.17) is 0 Å². The van der Waals surface area contributed by atoms with Gasteiger partial charge in [0.05, 0.1) is 6.04 Å². The maximum atomic E-state index is 12.9. The van der Waals surface area contributed by atoms with Crippen molar-refractivity contribution in [1.82, 2.24) is 21.3 Å². The van der Waals surface area contributed by atoms with E-state index >= 15 is 0 Å². The first-order valence-corrected chi connectivity index (χ1v) is 12.7. The molecule has 0 aromatic carbocycles. The summed E-state index contributed by atoms with van der Waals surface area (Å²) in [6, 6.07) is -1.32. The molecule has 0 aliphatic heterocycles. The average Bonchev–Trinajstić information content (AvgIpc) is 2.54. The third kappa shape index (κ3) is 13.9. The van der Waals surface area contributed by atoms with Crippen LogP contribution in [0.15, 0.2) is 0 Å². The fourth-order valence-electron chi connectivity index (χ4n) is 2.47. The summed E-state index contributed by atoms with van der Waals surface area (Å²) in [5.74, 6) is -0.00344. The second-order valence-electron chi connectivity index (χ2n) is 12.7. The lowest BCUT2D eigenvalue weighted by atomic mass is 9.95. The first kappa shape index (κ1) is 31.7. The van der Waals surface area contributed by atoms with E-state index in [1.807, 2.05) is 62.3 Å². The largest absolute Gasteiger partial charge is 0.376 e. The molecule has 0 heterocycles. The fraction of sp³-hybridized carbons (Fsp3) is 0.875. The first-order chi connectivity index (χ1) is 14.5. The Bertz CT molecular complexity index is 670. The molecule has 33 heavy (non-hydrogen) atoms. The molecule has 0 rings (SSSR count). The maximum absolute atomic E-state index is 12.9. The van der Waals surface area contributed by atoms with Crippen molar-refractivity contribution in [2.45, 2.75) is 112 Å². The number of aliphatic hydroxyl groups excluding tert-OH is 1. The van der Waals surface area contributed by atoms with Crippen molar-refractivity contribution in [2.24, 2.45) is 10.8 Å². The summed E-state index contributed by atoms with van der Waals surface area (Å²) in [6.45, 7) is 22.2. The zero-order chi connectivity index (χ0) is 26.4. The van der Waals surface area contributed by atoms with Gasteiger partial charge in [-0.25, -0.2) is 0 Å². The Morgan fingerprint density at radius 1 is 0.727 bits per heavy atom. The van der Waals surface area contributed by atoms with Gasteiger partial charge in [-0.15, -0.1) is 0 Å². The molecule has 9 heteroatoms. The smallest absolute Gasteiger partial charge is 0.243 e. The SMILES string of the molecule is CC(C)(C)NC(=O)C(CSCC(NC(=O)C(C)(C)C)C(O)NC(C)(C)C)NC(=O)C(C)(C)C. The molecule has 3 unspecified atom stereocenters. The zero-order valence-corrected chi connectivity index (χ0v) is 23.5. The molecule has 0 fully saturated rings. The fourth-order valence-corrected chi connectivity index (χ4v) is 3.59. The molecular weight excluding hydrogens is 440 g/mol. The van der Waals surface area contributed by atoms with E-state index in [1.165, 1.54) is 11.8 Å². The van der Waals surface area contributed by atoms with Crippen molar-refractivity contribution in [2.75, 3.05) is 11.5 Å². The van der Waals surface area contributed by atoms with Crippen LogP contribution in [0.25, 0.3) is 0 Å². The highest BCUT2D eigenvalue weighted by Gasteiger charge is 2.32. The van der Waals surface area contributed by atoms with Crippen molar-refractivity contribution in [1.29, 1.82) is 0 Å². The van der Waals surface area contributed by atoms with E-state index in [0.717, 1.165) is 0 Å². The normalized spacial score (nSPS) is 15.9. The van der Waals surface area contributed by atoms with E-state index < -0.39 is 34.7 Å². The van der Waals surface area contributed by atoms with E-state index in [1.54, 1.807) is 20.8 Å². The number of thioether (sulfide) groups is 1. The molecule has 0 spiro atoms. The maximum Gasteiger partial charge on any atom is 0.243 e. The van der Waals surface area contributed by atoms with E-state index in [-0.39, 0.29) is 23.3 Å². The van der Waals surface area contributed by atoms with Gasteiger partial charge in [-0.1, -0.05) is 41.5 Å². The average molecular weight is 489 g/mol. The molecule has 0 aromatic heterocycles. The summed E-state index contributed by atoms with van der Waals surface area (Å²) < 4.78 is 0. The number of hydrogen-bond acceptors (Lipinski definition) is 6. The van der Waals surface area contributed by atoms with Crippen molar-refractivity contribution >= 4 is 29.5 Å². The van der Waals surface area contributed by atoms with Gasteiger partial charge in [-0.2, -0.15) is 11.8 Å². The Balaban J connectivity index is 5.46. The van der Waals surface area contributed by atoms with Gasteiger partial charge in [0.1, 0.15) is 12.3 Å². The molecule has 0 aliphatic carbocycles. The summed E-state index contributed by atoms with van der Waals surface area (Å²) in [6.07, 6.45) is -0.977. The second-order valence-corrected chi connectivity index (χ2v) is 13.8. The van der Waals surface area contributed by atoms with Crippen LogP contribution in [-0.4, -0.2) is 63.7 Å². The van der Waals surface area contributed by atoms with Gasteiger partial charge in [-0.3, -0.25) is 19.7 Å². The topological polar surface area (TPSA) is 120 Å². The highest BCUT2D eigenvalue weighted by molar-refractivity contribution is 7.99. The van der Waals surface area contributed by atoms with Gasteiger partial charge in [0.2, 0.25) is 17.7 Å². The van der Waals surface area contributed by atoms with Gasteiger partial charge in [-0.05, 0) is 41.5 Å². The van der Waals surface area contributed by atoms with Gasteiger partial charge in [0.25, 0.3) is 0 Å². The van der Waals surface area contributed by atoms with Crippen LogP contribution in [0.5, 0.6) is 0 Å². The monoisotopic (exact) mass is 488 g/mol. The number of hydrogen-bond donors (Lipinski definition) is 5. The van der Waals surface area contributed by atoms with E-state index in [9.17, 15) is 19.5 Å². The molecule has 0 radical (unpaired) electrons. The van der Waals surface area contributed by atoms with Crippen molar-refractivity contribution < 1.29 is 19.5 Å². The van der Waals surface area contributed by atoms with Crippen LogP contribution in [0.3, 0.4) is 0 Å². The summed E-state index contributed by atoms with van der Waals surface area (Å²) in [5, 5.41) is 22.5. The summed E-state index contributed by atoms with van der Waals surface area (Å²) in [4.78, 5) is 38.0. The van der Waals surface area contributed by atoms with Crippen LogP contribution in [0.2, 0.25) is 0 Å². The lowest BCUT2D eigenvalue weighted by Crippen LogP contribution is -2.58. The van der Waals surface area contributed by atoms with Crippen LogP contribution >= 0.6 is 11.8 Å². The molecule has 194 valence electrons. The van der Waals surface area contributed by atoms with Crippen LogP contribution in [0.1, 0.15) is 83.1 Å². The molecule has 3 atom stereocenters. The number of amides is 3. The summed E-state index contributed by atoms with van der Waals surface area (Å²) in [7, 11) is 0. The van der Waals surface area contributed by atoms with Crippen LogP contribution in [0, 0.1) is 10.8 Å². The van der Waals surface area contributed by atoms with Crippen LogP contribution in [0.4, 0.5) is 0 Å². The molecule has 3 amide bonds. The Morgan fingerprint density at radius 3 is 1.58 bits per heavy atom. The molecule has 0 saturated heterocycles. The second kappa shape index (κ2) is 11.9. The highest BCUT2D eigenvalue weighted by Crippen LogP contribution is 2.17. The van der Waals surface area contributed by atoms with Crippen molar-refractivity contribution in [3.63, 3.8) is 0 Å². The van der Waals surface area contributed by atoms with Crippen LogP contribution < -0.4 is 21.3 Å². The number of nitrogens with one attached hydrogen (secondary N) is 4. The summed E-state index contributed by atoms with van der Waals surface area (Å²) >= 11 is 1.39. The van der Waals surface area contributed by atoms with Gasteiger partial charge < -0.3 is 21.1 Å². The molecule has 8 nitrogen and oxygen atoms in total. The Hall–Kier alpha value is -1.32. The minimum atomic E-state index is -0.977. The quantitative estimate of drug-likeness (QED) is 0.318. The van der Waals surface area contributed by atoms with Crippen molar-refractivity contribution in [3.05, 3.63) is 0 Å². The predicted octanol–water partition coefficient (Wildman–Crippen LogP) is 2.40. The van der Waals surface area contributed by atoms with Crippen LogP contribution in [-0.2, 0) is 14.4 Å². The summed E-state index contributed by atoms with van der Waals surface area (Å²) in [5.41, 5.74) is -2.05. The Labute approximate surface area is 205 Å². The number of aliphatic hydroxyl groups is 1. The lowest BCUT2D eigenvalue weighted by molar-refractivity contribution is -0.133. The highest BCUT2D eigenvalue weighted by atomic mass is 32.2. The molecule has 0 aromatic rings. The molecule has 0 saturated carbocycles. The minimum Gasteiger partial charge on any atom is -0.376 e. The van der Waals surface area contributed by atoms with Gasteiger partial charge in [0.15, 0.2) is 0 Å². The molecular formula is C24H48N4O4S. The predicted molar refractivity (Wildman–Crippen MR) is 137 cm³/mol.